The molecule has 2 saturated heterocycles. The molecule has 10 rings (SSSR count). The molecule has 0 saturated carbocycles. The highest BCUT2D eigenvalue weighted by Crippen LogP contribution is 2.35. The molecular weight excluding hydrogens is 799 g/mol. The van der Waals surface area contributed by atoms with E-state index in [4.69, 9.17) is 20.6 Å². The number of hydrogen-bond donors (Lipinski definition) is 4. The summed E-state index contributed by atoms with van der Waals surface area (Å²) in [6, 6.07) is 16.0. The molecule has 8 heterocycles. The molecule has 4 aliphatic heterocycles. The van der Waals surface area contributed by atoms with E-state index in [1.807, 2.05) is 12.1 Å². The van der Waals surface area contributed by atoms with Gasteiger partial charge in [0.1, 0.15) is 11.6 Å². The Labute approximate surface area is 374 Å². The molecule has 0 aliphatic carbocycles. The molecule has 4 N–H and O–H groups in total. The van der Waals surface area contributed by atoms with E-state index in [1.165, 1.54) is 61.8 Å². The smallest absolute Gasteiger partial charge is 0.255 e. The molecule has 4 aliphatic rings. The number of pyridine rings is 2. The van der Waals surface area contributed by atoms with Gasteiger partial charge in [0.15, 0.2) is 11.6 Å². The van der Waals surface area contributed by atoms with Gasteiger partial charge in [0.2, 0.25) is 0 Å². The molecule has 4 aromatic heterocycles. The number of nitriles is 2. The van der Waals surface area contributed by atoms with Crippen LogP contribution in [0.4, 0.5) is 20.4 Å². The summed E-state index contributed by atoms with van der Waals surface area (Å²) in [6.07, 6.45) is 0.808. The van der Waals surface area contributed by atoms with Crippen LogP contribution in [0.1, 0.15) is 90.4 Å². The van der Waals surface area contributed by atoms with Gasteiger partial charge in [-0.25, -0.2) is 28.1 Å². The Hall–Kier alpha value is -7.54. The van der Waals surface area contributed by atoms with Crippen molar-refractivity contribution in [2.75, 3.05) is 35.8 Å². The standard InChI is InChI=1S/2C22H19FN6O2/c2*1-22(31)6-8-28(12-22)18-5-7-29(27-18)17-9-15(26-16-11-25-21(30)20(16)17)19-13(10-24)3-2-4-14(19)23/h2*2-5,7,9,31H,6,8,11-12H2,1H3,(H,25,30)/t22-;/m1./s1/i1D3,8D2,11D2,12D2;8D2,11D2,12D2. The van der Waals surface area contributed by atoms with E-state index in [-0.39, 0.29) is 67.7 Å². The maximum atomic E-state index is 14.9. The van der Waals surface area contributed by atoms with Crippen molar-refractivity contribution in [3.05, 3.63) is 118 Å². The highest BCUT2D eigenvalue weighted by Gasteiger charge is 2.35. The molecule has 1 unspecified atom stereocenters. The van der Waals surface area contributed by atoms with Crippen molar-refractivity contribution in [3.8, 4) is 46.0 Å². The lowest BCUT2D eigenvalue weighted by Gasteiger charge is -2.18. The molecule has 2 amide bonds. The minimum absolute atomic E-state index is 0.0515. The number of carbonyl (C=O) groups is 2. The third-order valence-electron chi connectivity index (χ3n) is 9.65. The lowest BCUT2D eigenvalue weighted by molar-refractivity contribution is 0.0833. The second kappa shape index (κ2) is 15.2. The number of aromatic nitrogens is 6. The zero-order chi connectivity index (χ0) is 56.8. The van der Waals surface area contributed by atoms with Crippen molar-refractivity contribution < 1.29 is 49.1 Å². The Bertz CT molecular complexity index is 3600. The summed E-state index contributed by atoms with van der Waals surface area (Å²) in [5.74, 6) is -4.02. The van der Waals surface area contributed by atoms with Crippen molar-refractivity contribution in [3.63, 3.8) is 0 Å². The number of nitrogens with one attached hydrogen (secondary N) is 2. The minimum Gasteiger partial charge on any atom is -0.388 e. The number of halogens is 2. The molecule has 16 nitrogen and oxygen atoms in total. The number of carbonyl (C=O) groups excluding carboxylic acids is 2. The third kappa shape index (κ3) is 7.25. The Balaban J connectivity index is 0.000000188. The normalized spacial score (nSPS) is 28.6. The van der Waals surface area contributed by atoms with Gasteiger partial charge < -0.3 is 30.6 Å². The van der Waals surface area contributed by atoms with Crippen LogP contribution in [0, 0.1) is 34.3 Å². The molecule has 2 atom stereocenters. The van der Waals surface area contributed by atoms with Gasteiger partial charge in [-0.1, -0.05) is 12.1 Å². The number of benzene rings is 2. The Kier molecular flexibility index (Phi) is 6.35. The lowest BCUT2D eigenvalue weighted by Crippen LogP contribution is -2.29. The zero-order valence-electron chi connectivity index (χ0n) is 46.8. The van der Waals surface area contributed by atoms with Gasteiger partial charge in [0.05, 0.1) is 115 Å². The number of anilines is 2. The summed E-state index contributed by atoms with van der Waals surface area (Å²) in [6.45, 7) is -17.8. The average Bonchev–Trinajstić information content (AvgIpc) is 4.13. The van der Waals surface area contributed by atoms with Crippen LogP contribution in [0.3, 0.4) is 0 Å². The minimum atomic E-state index is -3.30. The lowest BCUT2D eigenvalue weighted by atomic mass is 10.0. The number of nitrogens with zero attached hydrogens (tertiary/aromatic N) is 10. The number of rotatable bonds is 6. The average molecular weight is 852 g/mol. The summed E-state index contributed by atoms with van der Waals surface area (Å²) >= 11 is 0. The molecule has 2 fully saturated rings. The fraction of sp³-hybridized carbons (Fsp3) is 0.273. The van der Waals surface area contributed by atoms with Crippen LogP contribution in [-0.4, -0.2) is 88.7 Å². The zero-order valence-corrected chi connectivity index (χ0v) is 31.8. The quantitative estimate of drug-likeness (QED) is 0.185. The molecule has 2 aromatic carbocycles. The van der Waals surface area contributed by atoms with Crippen LogP contribution in [0.5, 0.6) is 0 Å². The van der Waals surface area contributed by atoms with E-state index in [0.29, 0.717) is 9.80 Å². The maximum Gasteiger partial charge on any atom is 0.255 e. The number of hydrogen-bond acceptors (Lipinski definition) is 12. The Morgan fingerprint density at radius 3 is 1.60 bits per heavy atom. The predicted molar refractivity (Wildman–Crippen MR) is 220 cm³/mol. The Morgan fingerprint density at radius 2 is 1.18 bits per heavy atom. The summed E-state index contributed by atoms with van der Waals surface area (Å²) in [5.41, 5.74) is -7.70. The molecule has 62 heavy (non-hydrogen) atoms. The van der Waals surface area contributed by atoms with Gasteiger partial charge in [0.25, 0.3) is 11.8 Å². The number of β-amino-alcohol motifs (C(OH)–C–C–N with tert-alkyl or cyclic N) is 2. The van der Waals surface area contributed by atoms with Gasteiger partial charge in [-0.05, 0) is 63.0 Å². The van der Waals surface area contributed by atoms with Crippen LogP contribution in [-0.2, 0) is 13.0 Å². The number of amides is 2. The van der Waals surface area contributed by atoms with Gasteiger partial charge >= 0.3 is 0 Å². The van der Waals surface area contributed by atoms with E-state index in [2.05, 4.69) is 30.8 Å². The number of aliphatic hydroxyl groups is 2. The molecule has 0 spiro atoms. The second-order valence-electron chi connectivity index (χ2n) is 14.1. The van der Waals surface area contributed by atoms with Gasteiger partial charge in [0, 0.05) is 60.1 Å². The third-order valence-corrected chi connectivity index (χ3v) is 9.65. The fourth-order valence-corrected chi connectivity index (χ4v) is 6.84. The van der Waals surface area contributed by atoms with E-state index >= 15 is 0 Å². The van der Waals surface area contributed by atoms with Gasteiger partial charge in [-0.15, -0.1) is 0 Å². The molecule has 0 bridgehead atoms. The fourth-order valence-electron chi connectivity index (χ4n) is 6.84. The van der Waals surface area contributed by atoms with Crippen molar-refractivity contribution in [2.24, 2.45) is 0 Å². The van der Waals surface area contributed by atoms with E-state index in [0.717, 1.165) is 27.6 Å². The number of fused-ring (bicyclic) bond motifs is 2. The van der Waals surface area contributed by atoms with Gasteiger partial charge in [-0.2, -0.15) is 20.7 Å². The van der Waals surface area contributed by atoms with Gasteiger partial charge in [-0.3, -0.25) is 9.59 Å². The van der Waals surface area contributed by atoms with Crippen LogP contribution in [0.15, 0.2) is 73.1 Å². The van der Waals surface area contributed by atoms with Crippen LogP contribution in [0.25, 0.3) is 33.9 Å². The summed E-state index contributed by atoms with van der Waals surface area (Å²) in [5, 5.41) is 53.0. The maximum absolute atomic E-state index is 14.9. The van der Waals surface area contributed by atoms with Crippen molar-refractivity contribution >= 4 is 23.5 Å². The highest BCUT2D eigenvalue weighted by molar-refractivity contribution is 6.02. The summed E-state index contributed by atoms with van der Waals surface area (Å²) < 4.78 is 154. The van der Waals surface area contributed by atoms with Crippen molar-refractivity contribution in [2.45, 2.75) is 50.8 Å². The van der Waals surface area contributed by atoms with E-state index in [1.54, 1.807) is 0 Å². The van der Waals surface area contributed by atoms with Crippen LogP contribution >= 0.6 is 0 Å². The SMILES string of the molecule is [2H]C1([2H])NC(=O)c2c(-n3ccc(N4C([2H])([2H])CC(C)(O)C4([2H])[2H])n3)cc(-c3c(F)cccc3C#N)nc21.[2H]C1([2H])NC(=O)c2c(-n3ccc(N4C([2H])([2H])C[C@](O)(C([2H])([2H])[2H])C4([2H])[2H])n3)cc(-c3c(F)cccc3C#N)nc21. The Morgan fingerprint density at radius 1 is 0.726 bits per heavy atom. The predicted octanol–water partition coefficient (Wildman–Crippen LogP) is 4.30. The van der Waals surface area contributed by atoms with Crippen molar-refractivity contribution in [1.82, 2.24) is 40.2 Å². The second-order valence-corrected chi connectivity index (χ2v) is 14.1. The first-order valence-electron chi connectivity index (χ1n) is 25.8. The first-order valence-corrected chi connectivity index (χ1v) is 18.3. The first-order chi connectivity index (χ1) is 35.5. The monoisotopic (exact) mass is 851 g/mol. The van der Waals surface area contributed by atoms with Crippen LogP contribution < -0.4 is 20.4 Å². The topological polar surface area (TPSA) is 214 Å². The van der Waals surface area contributed by atoms with E-state index in [9.17, 15) is 39.1 Å². The largest absolute Gasteiger partial charge is 0.388 e. The molecular formula is C44H38F2N12O4. The van der Waals surface area contributed by atoms with Crippen molar-refractivity contribution in [1.29, 1.82) is 10.5 Å². The van der Waals surface area contributed by atoms with E-state index < -0.39 is 105 Å². The first kappa shape index (κ1) is 25.9. The molecule has 312 valence electrons. The molecule has 6 aromatic rings. The van der Waals surface area contributed by atoms with Crippen LogP contribution in [0.2, 0.25) is 0 Å². The molecule has 0 radical (unpaired) electrons. The molecule has 18 heteroatoms. The summed E-state index contributed by atoms with van der Waals surface area (Å²) in [4.78, 5) is 34.9. The summed E-state index contributed by atoms with van der Waals surface area (Å²) in [7, 11) is 0. The highest BCUT2D eigenvalue weighted by atomic mass is 19.1.